The van der Waals surface area contributed by atoms with Crippen molar-refractivity contribution in [2.45, 2.75) is 26.4 Å². The van der Waals surface area contributed by atoms with Crippen molar-refractivity contribution in [3.63, 3.8) is 0 Å². The van der Waals surface area contributed by atoms with E-state index in [1.54, 1.807) is 6.92 Å². The summed E-state index contributed by atoms with van der Waals surface area (Å²) in [4.78, 5) is 18.1. The van der Waals surface area contributed by atoms with Crippen LogP contribution in [0.1, 0.15) is 31.5 Å². The highest BCUT2D eigenvalue weighted by Gasteiger charge is 2.19. The molecule has 4 nitrogen and oxygen atoms in total. The standard InChI is InChI=1S/C15H16N2O2S/c1-10-14(15(18)19)20-13(16-10)9-17-7-6-11-4-2-3-5-12(11)8-17/h2-5H,6-9H2,1H3,(H,18,19). The van der Waals surface area contributed by atoms with Gasteiger partial charge in [0.05, 0.1) is 12.2 Å². The molecule has 0 amide bonds. The lowest BCUT2D eigenvalue weighted by atomic mass is 10.0. The van der Waals surface area contributed by atoms with Gasteiger partial charge in [0.15, 0.2) is 0 Å². The van der Waals surface area contributed by atoms with Crippen molar-refractivity contribution < 1.29 is 9.90 Å². The minimum absolute atomic E-state index is 0.359. The van der Waals surface area contributed by atoms with Crippen molar-refractivity contribution >= 4 is 17.3 Å². The highest BCUT2D eigenvalue weighted by Crippen LogP contribution is 2.23. The van der Waals surface area contributed by atoms with E-state index in [0.29, 0.717) is 10.6 Å². The summed E-state index contributed by atoms with van der Waals surface area (Å²) in [5, 5.41) is 9.96. The van der Waals surface area contributed by atoms with E-state index in [9.17, 15) is 4.79 Å². The molecule has 1 aromatic carbocycles. The Bertz CT molecular complexity index is 651. The van der Waals surface area contributed by atoms with Crippen LogP contribution in [0.15, 0.2) is 24.3 Å². The zero-order chi connectivity index (χ0) is 14.1. The number of carbonyl (C=O) groups is 1. The summed E-state index contributed by atoms with van der Waals surface area (Å²) in [6, 6.07) is 8.50. The Morgan fingerprint density at radius 1 is 1.40 bits per heavy atom. The normalized spacial score (nSPS) is 15.1. The maximum atomic E-state index is 11.0. The van der Waals surface area contributed by atoms with Gasteiger partial charge in [0.2, 0.25) is 0 Å². The molecule has 20 heavy (non-hydrogen) atoms. The molecular weight excluding hydrogens is 272 g/mol. The van der Waals surface area contributed by atoms with Gasteiger partial charge in [0.1, 0.15) is 9.88 Å². The number of aryl methyl sites for hydroxylation is 1. The van der Waals surface area contributed by atoms with Crippen molar-refractivity contribution in [3.05, 3.63) is 51.0 Å². The Morgan fingerprint density at radius 3 is 2.85 bits per heavy atom. The Balaban J connectivity index is 1.74. The van der Waals surface area contributed by atoms with E-state index < -0.39 is 5.97 Å². The maximum absolute atomic E-state index is 11.0. The number of thiazole rings is 1. The van der Waals surface area contributed by atoms with Gasteiger partial charge < -0.3 is 5.11 Å². The maximum Gasteiger partial charge on any atom is 0.347 e. The van der Waals surface area contributed by atoms with Gasteiger partial charge in [-0.1, -0.05) is 24.3 Å². The topological polar surface area (TPSA) is 53.4 Å². The SMILES string of the molecule is Cc1nc(CN2CCc3ccccc3C2)sc1C(=O)O. The van der Waals surface area contributed by atoms with E-state index in [0.717, 1.165) is 31.1 Å². The van der Waals surface area contributed by atoms with Crippen molar-refractivity contribution in [1.29, 1.82) is 0 Å². The molecule has 1 aliphatic heterocycles. The summed E-state index contributed by atoms with van der Waals surface area (Å²) >= 11 is 1.29. The molecule has 1 N–H and O–H groups in total. The number of rotatable bonds is 3. The number of nitrogens with zero attached hydrogens (tertiary/aromatic N) is 2. The smallest absolute Gasteiger partial charge is 0.347 e. The van der Waals surface area contributed by atoms with E-state index >= 15 is 0 Å². The van der Waals surface area contributed by atoms with Gasteiger partial charge in [-0.3, -0.25) is 4.90 Å². The zero-order valence-corrected chi connectivity index (χ0v) is 12.1. The van der Waals surface area contributed by atoms with Crippen molar-refractivity contribution in [3.8, 4) is 0 Å². The van der Waals surface area contributed by atoms with E-state index in [1.807, 2.05) is 0 Å². The average molecular weight is 288 g/mol. The molecule has 104 valence electrons. The van der Waals surface area contributed by atoms with Crippen molar-refractivity contribution in [1.82, 2.24) is 9.88 Å². The molecule has 0 bridgehead atoms. The lowest BCUT2D eigenvalue weighted by Gasteiger charge is -2.27. The quantitative estimate of drug-likeness (QED) is 0.943. The third-order valence-corrected chi connectivity index (χ3v) is 4.73. The summed E-state index contributed by atoms with van der Waals surface area (Å²) in [6.45, 7) is 4.40. The molecule has 0 aliphatic carbocycles. The number of benzene rings is 1. The third-order valence-electron chi connectivity index (χ3n) is 3.60. The first-order chi connectivity index (χ1) is 9.63. The van der Waals surface area contributed by atoms with Gasteiger partial charge in [-0.15, -0.1) is 11.3 Å². The van der Waals surface area contributed by atoms with Crippen LogP contribution in [0.4, 0.5) is 0 Å². The van der Waals surface area contributed by atoms with Crippen LogP contribution < -0.4 is 0 Å². The van der Waals surface area contributed by atoms with E-state index in [4.69, 9.17) is 5.11 Å². The Hall–Kier alpha value is -1.72. The summed E-state index contributed by atoms with van der Waals surface area (Å²) in [7, 11) is 0. The second-order valence-electron chi connectivity index (χ2n) is 5.06. The van der Waals surface area contributed by atoms with Gasteiger partial charge in [-0.05, 0) is 24.5 Å². The van der Waals surface area contributed by atoms with Gasteiger partial charge in [0, 0.05) is 13.1 Å². The predicted octanol–water partition coefficient (Wildman–Crippen LogP) is 2.71. The fourth-order valence-electron chi connectivity index (χ4n) is 2.60. The van der Waals surface area contributed by atoms with Crippen LogP contribution in [0, 0.1) is 6.92 Å². The van der Waals surface area contributed by atoms with Crippen LogP contribution in [0.2, 0.25) is 0 Å². The zero-order valence-electron chi connectivity index (χ0n) is 11.3. The van der Waals surface area contributed by atoms with Crippen molar-refractivity contribution in [2.24, 2.45) is 0 Å². The number of fused-ring (bicyclic) bond motifs is 1. The number of carboxylic acids is 1. The molecule has 5 heteroatoms. The minimum atomic E-state index is -0.879. The first kappa shape index (κ1) is 13.3. The van der Waals surface area contributed by atoms with Gasteiger partial charge in [-0.25, -0.2) is 9.78 Å². The monoisotopic (exact) mass is 288 g/mol. The second kappa shape index (κ2) is 5.34. The van der Waals surface area contributed by atoms with E-state index in [1.165, 1.54) is 22.5 Å². The molecule has 0 atom stereocenters. The van der Waals surface area contributed by atoms with Gasteiger partial charge in [0.25, 0.3) is 0 Å². The fraction of sp³-hybridized carbons (Fsp3) is 0.333. The number of hydrogen-bond acceptors (Lipinski definition) is 4. The molecule has 0 saturated carbocycles. The largest absolute Gasteiger partial charge is 0.477 e. The number of carboxylic acid groups (broad SMARTS) is 1. The van der Waals surface area contributed by atoms with Gasteiger partial charge in [-0.2, -0.15) is 0 Å². The molecule has 1 aliphatic rings. The second-order valence-corrected chi connectivity index (χ2v) is 6.14. The first-order valence-electron chi connectivity index (χ1n) is 6.62. The van der Waals surface area contributed by atoms with Crippen LogP contribution in [-0.4, -0.2) is 27.5 Å². The third kappa shape index (κ3) is 2.59. The van der Waals surface area contributed by atoms with Crippen LogP contribution in [0.3, 0.4) is 0 Å². The predicted molar refractivity (Wildman–Crippen MR) is 78.1 cm³/mol. The first-order valence-corrected chi connectivity index (χ1v) is 7.44. The summed E-state index contributed by atoms with van der Waals surface area (Å²) < 4.78 is 0. The molecule has 0 saturated heterocycles. The average Bonchev–Trinajstić information content (AvgIpc) is 2.79. The molecular formula is C15H16N2O2S. The van der Waals surface area contributed by atoms with Crippen molar-refractivity contribution in [2.75, 3.05) is 6.54 Å². The number of aromatic nitrogens is 1. The minimum Gasteiger partial charge on any atom is -0.477 e. The van der Waals surface area contributed by atoms with Crippen LogP contribution >= 0.6 is 11.3 Å². The summed E-state index contributed by atoms with van der Waals surface area (Å²) in [5.41, 5.74) is 3.41. The fourth-order valence-corrected chi connectivity index (χ4v) is 3.54. The highest BCUT2D eigenvalue weighted by molar-refractivity contribution is 7.13. The van der Waals surface area contributed by atoms with Crippen LogP contribution in [-0.2, 0) is 19.5 Å². The highest BCUT2D eigenvalue weighted by atomic mass is 32.1. The Labute approximate surface area is 121 Å². The number of hydrogen-bond donors (Lipinski definition) is 1. The molecule has 0 radical (unpaired) electrons. The molecule has 1 aromatic heterocycles. The summed E-state index contributed by atoms with van der Waals surface area (Å²) in [5.74, 6) is -0.879. The molecule has 2 heterocycles. The lowest BCUT2D eigenvalue weighted by molar-refractivity contribution is 0.0701. The Morgan fingerprint density at radius 2 is 2.15 bits per heavy atom. The molecule has 2 aromatic rings. The molecule has 0 spiro atoms. The molecule has 0 unspecified atom stereocenters. The lowest BCUT2D eigenvalue weighted by Crippen LogP contribution is -2.29. The number of aromatic carboxylic acids is 1. The molecule has 3 rings (SSSR count). The summed E-state index contributed by atoms with van der Waals surface area (Å²) in [6.07, 6.45) is 1.05. The molecule has 0 fully saturated rings. The van der Waals surface area contributed by atoms with E-state index in [-0.39, 0.29) is 0 Å². The Kier molecular flexibility index (Phi) is 3.54. The van der Waals surface area contributed by atoms with Gasteiger partial charge >= 0.3 is 5.97 Å². The van der Waals surface area contributed by atoms with Crippen LogP contribution in [0.5, 0.6) is 0 Å². The van der Waals surface area contributed by atoms with E-state index in [2.05, 4.69) is 34.1 Å². The van der Waals surface area contributed by atoms with Crippen LogP contribution in [0.25, 0.3) is 0 Å².